The summed E-state index contributed by atoms with van der Waals surface area (Å²) in [4.78, 5) is 2.40. The first-order valence-corrected chi connectivity index (χ1v) is 19.7. The van der Waals surface area contributed by atoms with E-state index in [9.17, 15) is 0 Å². The van der Waals surface area contributed by atoms with Crippen molar-refractivity contribution < 1.29 is 4.42 Å². The minimum atomic E-state index is -0.452. The highest BCUT2D eigenvalue weighted by atomic mass is 16.3. The van der Waals surface area contributed by atoms with Crippen LogP contribution in [0.3, 0.4) is 0 Å². The summed E-state index contributed by atoms with van der Waals surface area (Å²) in [6.45, 7) is 0. The molecule has 266 valence electrons. The molecular formula is C55H35NO. The predicted octanol–water partition coefficient (Wildman–Crippen LogP) is 14.9. The van der Waals surface area contributed by atoms with Gasteiger partial charge in [0, 0.05) is 33.2 Å². The largest absolute Gasteiger partial charge is 0.455 e. The van der Waals surface area contributed by atoms with Crippen molar-refractivity contribution in [2.45, 2.75) is 5.41 Å². The van der Waals surface area contributed by atoms with Gasteiger partial charge < -0.3 is 9.32 Å². The third-order valence-electron chi connectivity index (χ3n) is 12.3. The summed E-state index contributed by atoms with van der Waals surface area (Å²) in [5, 5.41) is 9.39. The summed E-state index contributed by atoms with van der Waals surface area (Å²) in [5.74, 6) is 0. The lowest BCUT2D eigenvalue weighted by molar-refractivity contribution is 0.673. The third kappa shape index (κ3) is 4.65. The molecule has 1 aliphatic carbocycles. The van der Waals surface area contributed by atoms with E-state index in [1.807, 2.05) is 6.07 Å². The lowest BCUT2D eigenvalue weighted by atomic mass is 9.68. The van der Waals surface area contributed by atoms with Crippen LogP contribution in [-0.4, -0.2) is 0 Å². The first kappa shape index (κ1) is 31.9. The van der Waals surface area contributed by atoms with Crippen LogP contribution in [-0.2, 0) is 5.41 Å². The molecule has 0 spiro atoms. The fraction of sp³-hybridized carbons (Fsp3) is 0.0182. The van der Waals surface area contributed by atoms with E-state index in [-0.39, 0.29) is 0 Å². The molecule has 0 saturated heterocycles. The van der Waals surface area contributed by atoms with Crippen LogP contribution in [0, 0.1) is 0 Å². The number of rotatable bonds is 5. The Kier molecular flexibility index (Phi) is 6.88. The van der Waals surface area contributed by atoms with Crippen molar-refractivity contribution in [2.24, 2.45) is 0 Å². The van der Waals surface area contributed by atoms with Crippen LogP contribution in [0.1, 0.15) is 22.3 Å². The molecule has 1 aliphatic rings. The Labute approximate surface area is 330 Å². The summed E-state index contributed by atoms with van der Waals surface area (Å²) < 4.78 is 6.56. The van der Waals surface area contributed by atoms with Gasteiger partial charge in [-0.25, -0.2) is 0 Å². The molecule has 57 heavy (non-hydrogen) atoms. The fourth-order valence-electron chi connectivity index (χ4n) is 9.79. The van der Waals surface area contributed by atoms with E-state index < -0.39 is 5.41 Å². The first-order valence-electron chi connectivity index (χ1n) is 19.7. The molecule has 0 fully saturated rings. The molecule has 0 unspecified atom stereocenters. The van der Waals surface area contributed by atoms with Crippen molar-refractivity contribution in [3.63, 3.8) is 0 Å². The number of anilines is 3. The monoisotopic (exact) mass is 725 g/mol. The quantitative estimate of drug-likeness (QED) is 0.164. The van der Waals surface area contributed by atoms with Gasteiger partial charge in [-0.05, 0) is 109 Å². The van der Waals surface area contributed by atoms with Gasteiger partial charge in [0.05, 0.1) is 5.41 Å². The molecular weight excluding hydrogens is 691 g/mol. The highest BCUT2D eigenvalue weighted by molar-refractivity contribution is 6.23. The van der Waals surface area contributed by atoms with E-state index in [1.165, 1.54) is 54.9 Å². The van der Waals surface area contributed by atoms with Gasteiger partial charge >= 0.3 is 0 Å². The van der Waals surface area contributed by atoms with Crippen LogP contribution in [0.15, 0.2) is 217 Å². The van der Waals surface area contributed by atoms with Crippen LogP contribution in [0.4, 0.5) is 17.1 Å². The van der Waals surface area contributed by atoms with Gasteiger partial charge in [-0.3, -0.25) is 0 Å². The van der Waals surface area contributed by atoms with E-state index >= 15 is 0 Å². The van der Waals surface area contributed by atoms with Crippen molar-refractivity contribution in [3.05, 3.63) is 235 Å². The Bertz CT molecular complexity index is 3310. The number of nitrogens with zero attached hydrogens (tertiary/aromatic N) is 1. The summed E-state index contributed by atoms with van der Waals surface area (Å²) in [6, 6.07) is 77.6. The molecule has 0 bridgehead atoms. The van der Waals surface area contributed by atoms with E-state index in [1.54, 1.807) is 0 Å². The maximum Gasteiger partial charge on any atom is 0.143 e. The third-order valence-corrected chi connectivity index (χ3v) is 12.3. The Hall–Kier alpha value is -7.42. The first-order chi connectivity index (χ1) is 28.3. The highest BCUT2D eigenvalue weighted by Gasteiger charge is 2.45. The minimum absolute atomic E-state index is 0.452. The Morgan fingerprint density at radius 2 is 0.895 bits per heavy atom. The number of hydrogen-bond donors (Lipinski definition) is 0. The maximum absolute atomic E-state index is 6.56. The second-order valence-electron chi connectivity index (χ2n) is 15.2. The molecule has 1 aromatic heterocycles. The highest BCUT2D eigenvalue weighted by Crippen LogP contribution is 2.56. The Morgan fingerprint density at radius 3 is 1.68 bits per heavy atom. The van der Waals surface area contributed by atoms with Crippen LogP contribution >= 0.6 is 0 Å². The van der Waals surface area contributed by atoms with Crippen LogP contribution in [0.5, 0.6) is 0 Å². The van der Waals surface area contributed by atoms with Crippen molar-refractivity contribution in [1.82, 2.24) is 0 Å². The van der Waals surface area contributed by atoms with E-state index in [0.717, 1.165) is 49.8 Å². The SMILES string of the molecule is c1ccc(C2(c3ccc(N(c4ccc5ccccc5c4)c4ccc5c(ccc6ccc7c8ccccc8oc7c65)c4)cc3)c3ccccc3-c3ccccc32)cc1. The second kappa shape index (κ2) is 12.3. The van der Waals surface area contributed by atoms with E-state index in [2.05, 4.69) is 211 Å². The summed E-state index contributed by atoms with van der Waals surface area (Å²) in [6.07, 6.45) is 0. The zero-order valence-corrected chi connectivity index (χ0v) is 31.1. The lowest BCUT2D eigenvalue weighted by Gasteiger charge is -2.34. The van der Waals surface area contributed by atoms with E-state index in [0.29, 0.717) is 0 Å². The average molecular weight is 726 g/mol. The zero-order valence-electron chi connectivity index (χ0n) is 31.1. The number of benzene rings is 10. The zero-order chi connectivity index (χ0) is 37.5. The van der Waals surface area contributed by atoms with Gasteiger partial charge in [-0.1, -0.05) is 164 Å². The minimum Gasteiger partial charge on any atom is -0.455 e. The molecule has 0 N–H and O–H groups in total. The molecule has 0 radical (unpaired) electrons. The Balaban J connectivity index is 1.06. The normalized spacial score (nSPS) is 13.1. The van der Waals surface area contributed by atoms with Gasteiger partial charge in [0.15, 0.2) is 0 Å². The molecule has 10 aromatic carbocycles. The fourth-order valence-corrected chi connectivity index (χ4v) is 9.79. The Morgan fingerprint density at radius 1 is 0.351 bits per heavy atom. The smallest absolute Gasteiger partial charge is 0.143 e. The number of hydrogen-bond acceptors (Lipinski definition) is 2. The van der Waals surface area contributed by atoms with Crippen molar-refractivity contribution in [1.29, 1.82) is 0 Å². The van der Waals surface area contributed by atoms with Gasteiger partial charge in [-0.2, -0.15) is 0 Å². The molecule has 12 rings (SSSR count). The van der Waals surface area contributed by atoms with Crippen LogP contribution in [0.2, 0.25) is 0 Å². The van der Waals surface area contributed by atoms with Gasteiger partial charge in [0.2, 0.25) is 0 Å². The van der Waals surface area contributed by atoms with Gasteiger partial charge in [-0.15, -0.1) is 0 Å². The molecule has 2 heteroatoms. The number of para-hydroxylation sites is 1. The molecule has 1 heterocycles. The summed E-state index contributed by atoms with van der Waals surface area (Å²) in [7, 11) is 0. The van der Waals surface area contributed by atoms with Crippen molar-refractivity contribution >= 4 is 71.3 Å². The van der Waals surface area contributed by atoms with Crippen molar-refractivity contribution in [3.8, 4) is 11.1 Å². The van der Waals surface area contributed by atoms with Gasteiger partial charge in [0.1, 0.15) is 11.2 Å². The molecule has 11 aromatic rings. The standard InChI is InChI=1S/C55H35NO/c1-2-14-40(15-3-1)55(50-19-9-6-16-46(50)47-17-7-10-20-51(47)55)41-26-29-42(30-27-41)56(43-28-24-36-12-4-5-13-38(36)34-43)44-31-33-45-39(35-44)23-22-37-25-32-49-48-18-8-11-21-52(48)57-54(49)53(37)45/h1-35H. The number of furan rings is 1. The molecule has 0 saturated carbocycles. The van der Waals surface area contributed by atoms with Crippen molar-refractivity contribution in [2.75, 3.05) is 4.90 Å². The lowest BCUT2D eigenvalue weighted by Crippen LogP contribution is -2.28. The molecule has 0 amide bonds. The summed E-state index contributed by atoms with van der Waals surface area (Å²) >= 11 is 0. The van der Waals surface area contributed by atoms with Gasteiger partial charge in [0.25, 0.3) is 0 Å². The second-order valence-corrected chi connectivity index (χ2v) is 15.2. The molecule has 2 nitrogen and oxygen atoms in total. The summed E-state index contributed by atoms with van der Waals surface area (Å²) in [5.41, 5.74) is 12.4. The topological polar surface area (TPSA) is 16.4 Å². The molecule has 0 atom stereocenters. The average Bonchev–Trinajstić information content (AvgIpc) is 3.81. The molecule has 0 aliphatic heterocycles. The number of fused-ring (bicyclic) bond motifs is 11. The van der Waals surface area contributed by atoms with Crippen LogP contribution < -0.4 is 4.90 Å². The predicted molar refractivity (Wildman–Crippen MR) is 238 cm³/mol. The van der Waals surface area contributed by atoms with Crippen LogP contribution in [0.25, 0.3) is 65.4 Å². The van der Waals surface area contributed by atoms with E-state index in [4.69, 9.17) is 4.42 Å². The maximum atomic E-state index is 6.56.